The summed E-state index contributed by atoms with van der Waals surface area (Å²) in [4.78, 5) is 8.37. The second-order valence-electron chi connectivity index (χ2n) is 3.75. The Kier molecular flexibility index (Phi) is 5.49. The molecule has 1 aromatic rings. The molecule has 1 aromatic heterocycles. The van der Waals surface area contributed by atoms with Crippen LogP contribution >= 0.6 is 11.6 Å². The average molecular weight is 244 g/mol. The minimum absolute atomic E-state index is 0.261. The van der Waals surface area contributed by atoms with E-state index in [1.165, 1.54) is 0 Å². The highest BCUT2D eigenvalue weighted by Gasteiger charge is 2.06. The number of aliphatic hydroxyl groups is 1. The van der Waals surface area contributed by atoms with E-state index in [0.717, 1.165) is 37.2 Å². The second kappa shape index (κ2) is 6.66. The summed E-state index contributed by atoms with van der Waals surface area (Å²) >= 11 is 5.96. The summed E-state index contributed by atoms with van der Waals surface area (Å²) in [6.45, 7) is 4.82. The van der Waals surface area contributed by atoms with Gasteiger partial charge in [-0.25, -0.2) is 9.97 Å². The van der Waals surface area contributed by atoms with Gasteiger partial charge in [-0.1, -0.05) is 11.6 Å². The zero-order chi connectivity index (χ0) is 12.0. The number of hydrogen-bond donors (Lipinski definition) is 2. The third kappa shape index (κ3) is 3.94. The van der Waals surface area contributed by atoms with Crippen LogP contribution in [0.3, 0.4) is 0 Å². The number of anilines is 1. The lowest BCUT2D eigenvalue weighted by Gasteiger charge is -2.09. The van der Waals surface area contributed by atoms with Crippen LogP contribution in [0.4, 0.5) is 5.82 Å². The van der Waals surface area contributed by atoms with Gasteiger partial charge in [0.1, 0.15) is 16.8 Å². The standard InChI is InChI=1S/C11H18ClN3O/c1-8-10(12)14-9(2)15-11(8)13-6-4-3-5-7-16/h16H,3-7H2,1-2H3,(H,13,14,15). The van der Waals surface area contributed by atoms with Gasteiger partial charge >= 0.3 is 0 Å². The first-order valence-corrected chi connectivity index (χ1v) is 5.88. The van der Waals surface area contributed by atoms with Gasteiger partial charge in [-0.15, -0.1) is 0 Å². The number of rotatable bonds is 6. The van der Waals surface area contributed by atoms with Crippen LogP contribution in [0.15, 0.2) is 0 Å². The SMILES string of the molecule is Cc1nc(Cl)c(C)c(NCCCCCO)n1. The Bertz CT molecular complexity index is 344. The maximum atomic E-state index is 8.64. The quantitative estimate of drug-likeness (QED) is 0.595. The van der Waals surface area contributed by atoms with Gasteiger partial charge in [0.15, 0.2) is 0 Å². The van der Waals surface area contributed by atoms with E-state index in [1.54, 1.807) is 0 Å². The number of nitrogens with zero attached hydrogens (tertiary/aromatic N) is 2. The lowest BCUT2D eigenvalue weighted by atomic mass is 10.2. The third-order valence-electron chi connectivity index (χ3n) is 2.33. The smallest absolute Gasteiger partial charge is 0.137 e. The first kappa shape index (κ1) is 13.2. The van der Waals surface area contributed by atoms with E-state index in [-0.39, 0.29) is 6.61 Å². The van der Waals surface area contributed by atoms with Gasteiger partial charge in [0, 0.05) is 18.7 Å². The Balaban J connectivity index is 2.47. The highest BCUT2D eigenvalue weighted by atomic mass is 35.5. The minimum atomic E-state index is 0.261. The molecule has 0 aliphatic rings. The van der Waals surface area contributed by atoms with E-state index in [4.69, 9.17) is 16.7 Å². The summed E-state index contributed by atoms with van der Waals surface area (Å²) in [5.41, 5.74) is 0.884. The average Bonchev–Trinajstić information content (AvgIpc) is 2.24. The Morgan fingerprint density at radius 3 is 2.62 bits per heavy atom. The van der Waals surface area contributed by atoms with Gasteiger partial charge in [-0.2, -0.15) is 0 Å². The van der Waals surface area contributed by atoms with Crippen LogP contribution < -0.4 is 5.32 Å². The number of halogens is 1. The predicted octanol–water partition coefficient (Wildman–Crippen LogP) is 2.32. The minimum Gasteiger partial charge on any atom is -0.396 e. The highest BCUT2D eigenvalue weighted by molar-refractivity contribution is 6.30. The molecule has 0 aromatic carbocycles. The molecule has 0 amide bonds. The van der Waals surface area contributed by atoms with Crippen molar-refractivity contribution in [3.8, 4) is 0 Å². The zero-order valence-electron chi connectivity index (χ0n) is 9.76. The Morgan fingerprint density at radius 1 is 1.19 bits per heavy atom. The molecule has 0 saturated heterocycles. The van der Waals surface area contributed by atoms with Crippen molar-refractivity contribution in [2.75, 3.05) is 18.5 Å². The maximum absolute atomic E-state index is 8.64. The molecule has 0 unspecified atom stereocenters. The molecule has 0 spiro atoms. The monoisotopic (exact) mass is 243 g/mol. The normalized spacial score (nSPS) is 10.5. The molecule has 0 aliphatic carbocycles. The van der Waals surface area contributed by atoms with Crippen LogP contribution in [-0.2, 0) is 0 Å². The third-order valence-corrected chi connectivity index (χ3v) is 2.69. The summed E-state index contributed by atoms with van der Waals surface area (Å²) in [6, 6.07) is 0. The van der Waals surface area contributed by atoms with Crippen LogP contribution in [-0.4, -0.2) is 28.2 Å². The number of unbranched alkanes of at least 4 members (excludes halogenated alkanes) is 2. The molecule has 5 heteroatoms. The second-order valence-corrected chi connectivity index (χ2v) is 4.10. The van der Waals surface area contributed by atoms with E-state index in [0.29, 0.717) is 11.0 Å². The Hall–Kier alpha value is -0.870. The van der Waals surface area contributed by atoms with Gasteiger partial charge in [0.05, 0.1) is 0 Å². The van der Waals surface area contributed by atoms with Gasteiger partial charge in [-0.3, -0.25) is 0 Å². The molecular weight excluding hydrogens is 226 g/mol. The topological polar surface area (TPSA) is 58.0 Å². The number of nitrogens with one attached hydrogen (secondary N) is 1. The van der Waals surface area contributed by atoms with Crippen molar-refractivity contribution in [1.82, 2.24) is 9.97 Å². The van der Waals surface area contributed by atoms with Crippen molar-refractivity contribution < 1.29 is 5.11 Å². The zero-order valence-corrected chi connectivity index (χ0v) is 10.5. The molecule has 0 atom stereocenters. The maximum Gasteiger partial charge on any atom is 0.137 e. The molecule has 0 bridgehead atoms. The van der Waals surface area contributed by atoms with Crippen LogP contribution in [0, 0.1) is 13.8 Å². The fourth-order valence-corrected chi connectivity index (χ4v) is 1.60. The van der Waals surface area contributed by atoms with Crippen molar-refractivity contribution in [2.45, 2.75) is 33.1 Å². The number of aliphatic hydroxyl groups excluding tert-OH is 1. The number of hydrogen-bond acceptors (Lipinski definition) is 4. The molecule has 16 heavy (non-hydrogen) atoms. The van der Waals surface area contributed by atoms with Gasteiger partial charge < -0.3 is 10.4 Å². The molecule has 0 aliphatic heterocycles. The Labute approximate surface area is 101 Å². The van der Waals surface area contributed by atoms with Crippen molar-refractivity contribution in [1.29, 1.82) is 0 Å². The van der Waals surface area contributed by atoms with E-state index in [1.807, 2.05) is 13.8 Å². The first-order valence-electron chi connectivity index (χ1n) is 5.50. The molecule has 90 valence electrons. The molecule has 0 fully saturated rings. The predicted molar refractivity (Wildman–Crippen MR) is 65.9 cm³/mol. The van der Waals surface area contributed by atoms with Gasteiger partial charge in [0.25, 0.3) is 0 Å². The van der Waals surface area contributed by atoms with E-state index in [9.17, 15) is 0 Å². The van der Waals surface area contributed by atoms with Gasteiger partial charge in [0.2, 0.25) is 0 Å². The summed E-state index contributed by atoms with van der Waals surface area (Å²) in [6.07, 6.45) is 2.88. The van der Waals surface area contributed by atoms with E-state index < -0.39 is 0 Å². The summed E-state index contributed by atoms with van der Waals surface area (Å²) in [7, 11) is 0. The lowest BCUT2D eigenvalue weighted by Crippen LogP contribution is -2.07. The summed E-state index contributed by atoms with van der Waals surface area (Å²) < 4.78 is 0. The fourth-order valence-electron chi connectivity index (χ4n) is 1.39. The molecule has 1 rings (SSSR count). The molecule has 0 radical (unpaired) electrons. The van der Waals surface area contributed by atoms with Crippen molar-refractivity contribution >= 4 is 17.4 Å². The van der Waals surface area contributed by atoms with Crippen molar-refractivity contribution in [3.05, 3.63) is 16.5 Å². The van der Waals surface area contributed by atoms with Crippen LogP contribution in [0.2, 0.25) is 5.15 Å². The Morgan fingerprint density at radius 2 is 1.94 bits per heavy atom. The van der Waals surface area contributed by atoms with E-state index in [2.05, 4.69) is 15.3 Å². The molecular formula is C11H18ClN3O. The van der Waals surface area contributed by atoms with Crippen LogP contribution in [0.5, 0.6) is 0 Å². The van der Waals surface area contributed by atoms with Crippen molar-refractivity contribution in [2.24, 2.45) is 0 Å². The molecule has 2 N–H and O–H groups in total. The first-order chi connectivity index (χ1) is 7.65. The number of aryl methyl sites for hydroxylation is 1. The fraction of sp³-hybridized carbons (Fsp3) is 0.636. The molecule has 0 saturated carbocycles. The molecule has 1 heterocycles. The molecule has 4 nitrogen and oxygen atoms in total. The van der Waals surface area contributed by atoms with Gasteiger partial charge in [-0.05, 0) is 33.1 Å². The summed E-state index contributed by atoms with van der Waals surface area (Å²) in [5.74, 6) is 1.48. The number of aromatic nitrogens is 2. The van der Waals surface area contributed by atoms with E-state index >= 15 is 0 Å². The van der Waals surface area contributed by atoms with Crippen LogP contribution in [0.25, 0.3) is 0 Å². The highest BCUT2D eigenvalue weighted by Crippen LogP contribution is 2.19. The van der Waals surface area contributed by atoms with Crippen molar-refractivity contribution in [3.63, 3.8) is 0 Å². The van der Waals surface area contributed by atoms with Crippen LogP contribution in [0.1, 0.15) is 30.7 Å². The summed E-state index contributed by atoms with van der Waals surface area (Å²) in [5, 5.41) is 12.4. The lowest BCUT2D eigenvalue weighted by molar-refractivity contribution is 0.283. The largest absolute Gasteiger partial charge is 0.396 e.